The van der Waals surface area contributed by atoms with Gasteiger partial charge in [-0.05, 0) is 24.8 Å². The van der Waals surface area contributed by atoms with Crippen LogP contribution in [0.1, 0.15) is 18.4 Å². The van der Waals surface area contributed by atoms with Crippen molar-refractivity contribution in [3.8, 4) is 0 Å². The molecule has 0 bridgehead atoms. The summed E-state index contributed by atoms with van der Waals surface area (Å²) in [5.41, 5.74) is 6.62. The number of nitrogens with two attached hydrogens (primary N) is 1. The maximum absolute atomic E-state index is 10.8. The fourth-order valence-corrected chi connectivity index (χ4v) is 2.02. The molecule has 0 aromatic heterocycles. The standard InChI is InChI=1S/C12H16N4O3/c1-15(7-8-2-3-8)11-5-4-9(16(18)19)6-10(11)12(13)14-17/h4-6,8,17H,2-3,7H2,1H3,(H2,13,14). The Kier molecular flexibility index (Phi) is 3.55. The molecule has 0 spiro atoms. The normalized spacial score (nSPS) is 15.3. The molecule has 0 heterocycles. The van der Waals surface area contributed by atoms with Gasteiger partial charge in [0.25, 0.3) is 5.69 Å². The van der Waals surface area contributed by atoms with Gasteiger partial charge in [-0.1, -0.05) is 5.16 Å². The minimum Gasteiger partial charge on any atom is -0.409 e. The number of nitrogens with zero attached hydrogens (tertiary/aromatic N) is 3. The number of hydrogen-bond donors (Lipinski definition) is 2. The first-order valence-electron chi connectivity index (χ1n) is 6.00. The number of nitro groups is 1. The summed E-state index contributed by atoms with van der Waals surface area (Å²) in [6, 6.07) is 4.38. The lowest BCUT2D eigenvalue weighted by atomic mass is 10.1. The van der Waals surface area contributed by atoms with Gasteiger partial charge in [-0.2, -0.15) is 0 Å². The van der Waals surface area contributed by atoms with Crippen molar-refractivity contribution in [3.63, 3.8) is 0 Å². The molecule has 7 heteroatoms. The van der Waals surface area contributed by atoms with Crippen LogP contribution in [0, 0.1) is 16.0 Å². The molecule has 1 saturated carbocycles. The van der Waals surface area contributed by atoms with E-state index >= 15 is 0 Å². The van der Waals surface area contributed by atoms with Crippen molar-refractivity contribution in [2.75, 3.05) is 18.5 Å². The highest BCUT2D eigenvalue weighted by molar-refractivity contribution is 6.02. The Bertz CT molecular complexity index is 526. The second-order valence-electron chi connectivity index (χ2n) is 4.77. The highest BCUT2D eigenvalue weighted by Crippen LogP contribution is 2.32. The molecule has 0 aliphatic heterocycles. The Labute approximate surface area is 110 Å². The van der Waals surface area contributed by atoms with Gasteiger partial charge in [0.15, 0.2) is 5.84 Å². The fourth-order valence-electron chi connectivity index (χ4n) is 2.02. The number of anilines is 1. The molecule has 3 N–H and O–H groups in total. The van der Waals surface area contributed by atoms with Crippen LogP contribution in [-0.2, 0) is 0 Å². The van der Waals surface area contributed by atoms with Gasteiger partial charge in [-0.25, -0.2) is 0 Å². The Morgan fingerprint density at radius 1 is 1.63 bits per heavy atom. The number of rotatable bonds is 5. The molecule has 102 valence electrons. The first-order valence-corrected chi connectivity index (χ1v) is 6.00. The fraction of sp³-hybridized carbons (Fsp3) is 0.417. The van der Waals surface area contributed by atoms with Crippen molar-refractivity contribution in [1.29, 1.82) is 0 Å². The van der Waals surface area contributed by atoms with E-state index in [9.17, 15) is 10.1 Å². The minimum atomic E-state index is -0.501. The third-order valence-electron chi connectivity index (χ3n) is 3.21. The molecule has 0 atom stereocenters. The molecule has 1 fully saturated rings. The third kappa shape index (κ3) is 2.93. The molecule has 1 aliphatic rings. The molecule has 0 amide bonds. The zero-order valence-corrected chi connectivity index (χ0v) is 10.6. The van der Waals surface area contributed by atoms with Crippen molar-refractivity contribution in [2.24, 2.45) is 16.8 Å². The second-order valence-corrected chi connectivity index (χ2v) is 4.77. The Balaban J connectivity index is 2.37. The first kappa shape index (κ1) is 13.1. The summed E-state index contributed by atoms with van der Waals surface area (Å²) in [7, 11) is 1.90. The Hall–Kier alpha value is -2.31. The lowest BCUT2D eigenvalue weighted by Crippen LogP contribution is -2.24. The molecular formula is C12H16N4O3. The van der Waals surface area contributed by atoms with E-state index in [0.29, 0.717) is 11.5 Å². The summed E-state index contributed by atoms with van der Waals surface area (Å²) in [5.74, 6) is 0.543. The topological polar surface area (TPSA) is 105 Å². The van der Waals surface area contributed by atoms with Crippen LogP contribution < -0.4 is 10.6 Å². The van der Waals surface area contributed by atoms with Gasteiger partial charge in [0.1, 0.15) is 0 Å². The minimum absolute atomic E-state index is 0.0785. The van der Waals surface area contributed by atoms with E-state index in [1.54, 1.807) is 6.07 Å². The first-order chi connectivity index (χ1) is 9.02. The predicted octanol–water partition coefficient (Wildman–Crippen LogP) is 1.54. The van der Waals surface area contributed by atoms with Gasteiger partial charge in [0.2, 0.25) is 0 Å². The van der Waals surface area contributed by atoms with Crippen molar-refractivity contribution >= 4 is 17.2 Å². The van der Waals surface area contributed by atoms with E-state index in [4.69, 9.17) is 10.9 Å². The van der Waals surface area contributed by atoms with Crippen LogP contribution in [0.25, 0.3) is 0 Å². The van der Waals surface area contributed by atoms with Gasteiger partial charge >= 0.3 is 0 Å². The maximum Gasteiger partial charge on any atom is 0.270 e. The summed E-state index contributed by atoms with van der Waals surface area (Å²) >= 11 is 0. The van der Waals surface area contributed by atoms with Crippen molar-refractivity contribution < 1.29 is 10.1 Å². The average Bonchev–Trinajstić information content (AvgIpc) is 3.20. The lowest BCUT2D eigenvalue weighted by Gasteiger charge is -2.21. The van der Waals surface area contributed by atoms with E-state index in [0.717, 1.165) is 12.2 Å². The van der Waals surface area contributed by atoms with E-state index in [-0.39, 0.29) is 11.5 Å². The van der Waals surface area contributed by atoms with Crippen LogP contribution >= 0.6 is 0 Å². The number of nitro benzene ring substituents is 1. The SMILES string of the molecule is CN(CC1CC1)c1ccc([N+](=O)[O-])cc1C(N)=NO. The Morgan fingerprint density at radius 2 is 2.32 bits per heavy atom. The van der Waals surface area contributed by atoms with Crippen molar-refractivity contribution in [2.45, 2.75) is 12.8 Å². The van der Waals surface area contributed by atoms with Crippen LogP contribution in [0.4, 0.5) is 11.4 Å². The van der Waals surface area contributed by atoms with Gasteiger partial charge in [0, 0.05) is 31.4 Å². The molecular weight excluding hydrogens is 248 g/mol. The molecule has 2 rings (SSSR count). The van der Waals surface area contributed by atoms with Gasteiger partial charge in [-0.3, -0.25) is 10.1 Å². The van der Waals surface area contributed by atoms with Crippen LogP contribution in [0.5, 0.6) is 0 Å². The second kappa shape index (κ2) is 5.13. The van der Waals surface area contributed by atoms with E-state index in [1.807, 2.05) is 11.9 Å². The summed E-state index contributed by atoms with van der Waals surface area (Å²) in [5, 5.41) is 22.5. The van der Waals surface area contributed by atoms with Gasteiger partial charge < -0.3 is 15.8 Å². The number of oxime groups is 1. The zero-order valence-electron chi connectivity index (χ0n) is 10.6. The summed E-state index contributed by atoms with van der Waals surface area (Å²) in [6.07, 6.45) is 2.41. The Morgan fingerprint density at radius 3 is 2.84 bits per heavy atom. The van der Waals surface area contributed by atoms with Crippen LogP contribution in [0.15, 0.2) is 23.4 Å². The van der Waals surface area contributed by atoms with Gasteiger partial charge in [-0.15, -0.1) is 0 Å². The van der Waals surface area contributed by atoms with E-state index in [2.05, 4.69) is 5.16 Å². The molecule has 0 unspecified atom stereocenters. The predicted molar refractivity (Wildman–Crippen MR) is 71.6 cm³/mol. The quantitative estimate of drug-likeness (QED) is 0.276. The molecule has 1 aromatic rings. The molecule has 7 nitrogen and oxygen atoms in total. The molecule has 1 aliphatic carbocycles. The van der Waals surface area contributed by atoms with Crippen LogP contribution in [0.2, 0.25) is 0 Å². The molecule has 0 saturated heterocycles. The highest BCUT2D eigenvalue weighted by Gasteiger charge is 2.25. The molecule has 0 radical (unpaired) electrons. The monoisotopic (exact) mass is 264 g/mol. The van der Waals surface area contributed by atoms with Crippen LogP contribution in [-0.4, -0.2) is 29.6 Å². The van der Waals surface area contributed by atoms with Crippen molar-refractivity contribution in [3.05, 3.63) is 33.9 Å². The number of benzene rings is 1. The highest BCUT2D eigenvalue weighted by atomic mass is 16.6. The molecule has 1 aromatic carbocycles. The smallest absolute Gasteiger partial charge is 0.270 e. The average molecular weight is 264 g/mol. The van der Waals surface area contributed by atoms with Crippen molar-refractivity contribution in [1.82, 2.24) is 0 Å². The van der Waals surface area contributed by atoms with E-state index < -0.39 is 4.92 Å². The summed E-state index contributed by atoms with van der Waals surface area (Å²) < 4.78 is 0. The lowest BCUT2D eigenvalue weighted by molar-refractivity contribution is -0.384. The zero-order chi connectivity index (χ0) is 14.0. The maximum atomic E-state index is 10.8. The van der Waals surface area contributed by atoms with E-state index in [1.165, 1.54) is 25.0 Å². The van der Waals surface area contributed by atoms with Crippen LogP contribution in [0.3, 0.4) is 0 Å². The van der Waals surface area contributed by atoms with Gasteiger partial charge in [0.05, 0.1) is 10.5 Å². The number of amidine groups is 1. The largest absolute Gasteiger partial charge is 0.409 e. The summed E-state index contributed by atoms with van der Waals surface area (Å²) in [6.45, 7) is 0.865. The number of non-ortho nitro benzene ring substituents is 1. The third-order valence-corrected chi connectivity index (χ3v) is 3.21. The summed E-state index contributed by atoms with van der Waals surface area (Å²) in [4.78, 5) is 12.3. The molecule has 19 heavy (non-hydrogen) atoms. The number of hydrogen-bond acceptors (Lipinski definition) is 5.